The van der Waals surface area contributed by atoms with Crippen molar-refractivity contribution >= 4 is 33.0 Å². The smallest absolute Gasteiger partial charge is 0.145 e. The lowest BCUT2D eigenvalue weighted by molar-refractivity contribution is 1.10. The Morgan fingerprint density at radius 1 is 0.529 bits per heavy atom. The van der Waals surface area contributed by atoms with Crippen molar-refractivity contribution in [2.75, 3.05) is 0 Å². The maximum atomic E-state index is 5.05. The summed E-state index contributed by atoms with van der Waals surface area (Å²) in [5.74, 6) is 0.924. The zero-order valence-electron chi connectivity index (χ0n) is 18.3. The summed E-state index contributed by atoms with van der Waals surface area (Å²) in [5, 5.41) is 1.15. The van der Waals surface area contributed by atoms with Crippen molar-refractivity contribution < 1.29 is 0 Å². The minimum absolute atomic E-state index is 0.924. The van der Waals surface area contributed by atoms with Gasteiger partial charge in [0.25, 0.3) is 0 Å². The van der Waals surface area contributed by atoms with Crippen LogP contribution >= 0.6 is 0 Å². The number of imidazole rings is 1. The van der Waals surface area contributed by atoms with Gasteiger partial charge >= 0.3 is 0 Å². The molecule has 4 nitrogen and oxygen atoms in total. The Hall–Kier alpha value is -4.70. The molecule has 0 aliphatic carbocycles. The third kappa shape index (κ3) is 2.79. The Morgan fingerprint density at radius 3 is 2.18 bits per heavy atom. The Kier molecular flexibility index (Phi) is 4.11. The van der Waals surface area contributed by atoms with E-state index in [0.29, 0.717) is 0 Å². The highest BCUT2D eigenvalue weighted by Gasteiger charge is 2.16. The fraction of sp³-hybridized carbons (Fsp3) is 0. The van der Waals surface area contributed by atoms with Crippen molar-refractivity contribution in [2.45, 2.75) is 0 Å². The summed E-state index contributed by atoms with van der Waals surface area (Å²) in [6.07, 6.45) is 1.86. The number of aromatic nitrogens is 4. The van der Waals surface area contributed by atoms with Gasteiger partial charge in [0, 0.05) is 28.5 Å². The van der Waals surface area contributed by atoms with E-state index in [1.54, 1.807) is 0 Å². The maximum Gasteiger partial charge on any atom is 0.145 e. The summed E-state index contributed by atoms with van der Waals surface area (Å²) >= 11 is 0. The molecule has 0 bridgehead atoms. The van der Waals surface area contributed by atoms with E-state index in [2.05, 4.69) is 111 Å². The third-order valence-electron chi connectivity index (χ3n) is 6.37. The molecular weight excluding hydrogens is 416 g/mol. The summed E-state index contributed by atoms with van der Waals surface area (Å²) in [5.41, 5.74) is 8.57. The van der Waals surface area contributed by atoms with Gasteiger partial charge in [-0.3, -0.25) is 9.55 Å². The van der Waals surface area contributed by atoms with Gasteiger partial charge in [-0.2, -0.15) is 0 Å². The largest absolute Gasteiger partial charge is 0.308 e. The van der Waals surface area contributed by atoms with Gasteiger partial charge in [-0.1, -0.05) is 60.7 Å². The highest BCUT2D eigenvalue weighted by Crippen LogP contribution is 2.33. The Morgan fingerprint density at radius 2 is 1.26 bits per heavy atom. The van der Waals surface area contributed by atoms with Crippen molar-refractivity contribution in [3.8, 4) is 22.8 Å². The van der Waals surface area contributed by atoms with E-state index in [4.69, 9.17) is 4.98 Å². The molecule has 0 saturated heterocycles. The monoisotopic (exact) mass is 436 g/mol. The van der Waals surface area contributed by atoms with Gasteiger partial charge in [0.1, 0.15) is 5.82 Å². The Balaban J connectivity index is 1.50. The third-order valence-corrected chi connectivity index (χ3v) is 6.37. The predicted molar refractivity (Wildman–Crippen MR) is 139 cm³/mol. The van der Waals surface area contributed by atoms with Crippen molar-refractivity contribution in [2.24, 2.45) is 0 Å². The van der Waals surface area contributed by atoms with Crippen LogP contribution in [-0.2, 0) is 0 Å². The van der Waals surface area contributed by atoms with Crippen LogP contribution in [0.4, 0.5) is 0 Å². The number of hydrogen-bond acceptors (Lipinski definition) is 2. The molecule has 4 heteroatoms. The second-order valence-electron chi connectivity index (χ2n) is 8.37. The summed E-state index contributed by atoms with van der Waals surface area (Å²) in [6.45, 7) is 0. The number of benzene rings is 4. The lowest BCUT2D eigenvalue weighted by Gasteiger charge is -2.12. The zero-order valence-corrected chi connectivity index (χ0v) is 18.3. The van der Waals surface area contributed by atoms with Crippen LogP contribution in [0.2, 0.25) is 0 Å². The minimum Gasteiger partial charge on any atom is -0.308 e. The lowest BCUT2D eigenvalue weighted by Crippen LogP contribution is -1.99. The number of nitrogens with zero attached hydrogens (tertiary/aromatic N) is 4. The van der Waals surface area contributed by atoms with E-state index >= 15 is 0 Å². The van der Waals surface area contributed by atoms with Gasteiger partial charge in [-0.15, -0.1) is 0 Å². The first-order valence-electron chi connectivity index (χ1n) is 11.4. The van der Waals surface area contributed by atoms with Crippen LogP contribution in [0, 0.1) is 0 Å². The molecule has 0 aliphatic rings. The van der Waals surface area contributed by atoms with E-state index in [0.717, 1.165) is 55.7 Å². The minimum atomic E-state index is 0.924. The van der Waals surface area contributed by atoms with E-state index < -0.39 is 0 Å². The molecule has 0 N–H and O–H groups in total. The summed E-state index contributed by atoms with van der Waals surface area (Å²) in [4.78, 5) is 9.73. The second kappa shape index (κ2) is 7.42. The number of hydrogen-bond donors (Lipinski definition) is 0. The molecule has 0 unspecified atom stereocenters. The topological polar surface area (TPSA) is 35.6 Å². The molecule has 0 saturated carbocycles. The molecule has 0 radical (unpaired) electrons. The normalized spacial score (nSPS) is 11.5. The molecular formula is C30H20N4. The molecule has 0 amide bonds. The molecule has 0 fully saturated rings. The molecule has 7 rings (SSSR count). The first kappa shape index (κ1) is 18.8. The van der Waals surface area contributed by atoms with E-state index in [-0.39, 0.29) is 0 Å². The Bertz CT molecular complexity index is 1760. The number of rotatable bonds is 3. The molecule has 0 aliphatic heterocycles. The van der Waals surface area contributed by atoms with Crippen molar-refractivity contribution in [1.82, 2.24) is 19.1 Å². The van der Waals surface area contributed by atoms with E-state index in [1.807, 2.05) is 24.4 Å². The predicted octanol–water partition coefficient (Wildman–Crippen LogP) is 7.18. The van der Waals surface area contributed by atoms with Crippen LogP contribution in [0.3, 0.4) is 0 Å². The van der Waals surface area contributed by atoms with Crippen molar-refractivity contribution in [1.29, 1.82) is 0 Å². The molecule has 3 aromatic heterocycles. The van der Waals surface area contributed by atoms with Crippen LogP contribution in [0.15, 0.2) is 121 Å². The summed E-state index contributed by atoms with van der Waals surface area (Å²) < 4.78 is 4.53. The van der Waals surface area contributed by atoms with Gasteiger partial charge < -0.3 is 4.57 Å². The Labute approximate surface area is 196 Å². The average Bonchev–Trinajstić information content (AvgIpc) is 3.46. The zero-order chi connectivity index (χ0) is 22.5. The number of fused-ring (bicyclic) bond motifs is 4. The van der Waals surface area contributed by atoms with Crippen LogP contribution in [0.5, 0.6) is 0 Å². The molecule has 0 spiro atoms. The molecule has 3 heterocycles. The number of pyridine rings is 1. The summed E-state index contributed by atoms with van der Waals surface area (Å²) in [6, 6.07) is 39.9. The van der Waals surface area contributed by atoms with Gasteiger partial charge in [-0.25, -0.2) is 4.98 Å². The van der Waals surface area contributed by atoms with Crippen LogP contribution in [0.1, 0.15) is 0 Å². The van der Waals surface area contributed by atoms with E-state index in [9.17, 15) is 0 Å². The average molecular weight is 437 g/mol. The molecule has 160 valence electrons. The van der Waals surface area contributed by atoms with Gasteiger partial charge in [0.05, 0.1) is 27.6 Å². The standard InChI is InChI=1S/C30H20N4/c1-2-11-22(12-3-1)34-27-17-7-5-15-25(27)32-30(34)21-10-8-13-23(20-21)33-26-16-6-4-14-24(26)29-28(33)18-9-19-31-29/h1-20H. The highest BCUT2D eigenvalue weighted by atomic mass is 15.1. The first-order chi connectivity index (χ1) is 16.9. The van der Waals surface area contributed by atoms with Gasteiger partial charge in [-0.05, 0) is 54.6 Å². The maximum absolute atomic E-state index is 5.05. The van der Waals surface area contributed by atoms with E-state index in [1.165, 1.54) is 0 Å². The molecule has 7 aromatic rings. The molecule has 34 heavy (non-hydrogen) atoms. The fourth-order valence-electron chi connectivity index (χ4n) is 4.90. The second-order valence-corrected chi connectivity index (χ2v) is 8.37. The first-order valence-corrected chi connectivity index (χ1v) is 11.4. The molecule has 0 atom stereocenters. The quantitative estimate of drug-likeness (QED) is 0.294. The van der Waals surface area contributed by atoms with Gasteiger partial charge in [0.15, 0.2) is 0 Å². The highest BCUT2D eigenvalue weighted by molar-refractivity contribution is 6.07. The van der Waals surface area contributed by atoms with Crippen LogP contribution in [-0.4, -0.2) is 19.1 Å². The molecule has 4 aromatic carbocycles. The fourth-order valence-corrected chi connectivity index (χ4v) is 4.90. The van der Waals surface area contributed by atoms with Crippen molar-refractivity contribution in [3.05, 3.63) is 121 Å². The van der Waals surface area contributed by atoms with Crippen LogP contribution in [0.25, 0.3) is 55.7 Å². The lowest BCUT2D eigenvalue weighted by atomic mass is 10.1. The SMILES string of the molecule is c1ccc(-n2c(-c3cccc(-n4c5ccccc5c5ncccc54)c3)nc3ccccc32)cc1. The van der Waals surface area contributed by atoms with Crippen molar-refractivity contribution in [3.63, 3.8) is 0 Å². The van der Waals surface area contributed by atoms with Crippen LogP contribution < -0.4 is 0 Å². The number of para-hydroxylation sites is 4. The summed E-state index contributed by atoms with van der Waals surface area (Å²) in [7, 11) is 0. The van der Waals surface area contributed by atoms with Gasteiger partial charge in [0.2, 0.25) is 0 Å².